The van der Waals surface area contributed by atoms with Gasteiger partial charge in [0.15, 0.2) is 5.16 Å². The fourth-order valence-corrected chi connectivity index (χ4v) is 2.97. The molecular formula is C18H13ClN4O3S. The minimum atomic E-state index is -0.513. The standard InChI is InChI=1S/C18H13ClN4O3S/c19-13-6-4-12(5-7-13)16-8-9-20-18(22-16)27-11-17(24)21-14-2-1-3-15(10-14)23(25)26/h1-10H,11H2,(H,21,24). The maximum Gasteiger partial charge on any atom is 0.271 e. The average Bonchev–Trinajstić information content (AvgIpc) is 2.67. The summed E-state index contributed by atoms with van der Waals surface area (Å²) in [6, 6.07) is 14.8. The largest absolute Gasteiger partial charge is 0.325 e. The van der Waals surface area contributed by atoms with E-state index in [2.05, 4.69) is 15.3 Å². The predicted molar refractivity (Wildman–Crippen MR) is 105 cm³/mol. The molecule has 2 aromatic carbocycles. The molecule has 0 unspecified atom stereocenters. The number of nitrogens with zero attached hydrogens (tertiary/aromatic N) is 3. The average molecular weight is 401 g/mol. The van der Waals surface area contributed by atoms with Crippen LogP contribution in [0.15, 0.2) is 66.0 Å². The lowest BCUT2D eigenvalue weighted by atomic mass is 10.1. The first-order valence-electron chi connectivity index (χ1n) is 7.77. The number of carbonyl (C=O) groups is 1. The van der Waals surface area contributed by atoms with E-state index in [9.17, 15) is 14.9 Å². The summed E-state index contributed by atoms with van der Waals surface area (Å²) in [5.74, 6) is -0.228. The van der Waals surface area contributed by atoms with E-state index in [1.807, 2.05) is 12.1 Å². The number of hydrogen-bond donors (Lipinski definition) is 1. The van der Waals surface area contributed by atoms with E-state index < -0.39 is 4.92 Å². The molecule has 0 saturated heterocycles. The summed E-state index contributed by atoms with van der Waals surface area (Å²) in [4.78, 5) is 30.9. The Kier molecular flexibility index (Phi) is 6.00. The SMILES string of the molecule is O=C(CSc1nccc(-c2ccc(Cl)cc2)n1)Nc1cccc([N+](=O)[O-])c1. The molecule has 136 valence electrons. The van der Waals surface area contributed by atoms with Crippen molar-refractivity contribution in [2.75, 3.05) is 11.1 Å². The molecule has 0 spiro atoms. The van der Waals surface area contributed by atoms with E-state index in [4.69, 9.17) is 11.6 Å². The summed E-state index contributed by atoms with van der Waals surface area (Å²) < 4.78 is 0. The van der Waals surface area contributed by atoms with Crippen LogP contribution in [-0.4, -0.2) is 26.6 Å². The third-order valence-electron chi connectivity index (χ3n) is 3.45. The molecule has 0 bridgehead atoms. The second-order valence-electron chi connectivity index (χ2n) is 5.38. The quantitative estimate of drug-likeness (QED) is 0.284. The number of thioether (sulfide) groups is 1. The number of nitrogens with one attached hydrogen (secondary N) is 1. The zero-order valence-corrected chi connectivity index (χ0v) is 15.4. The first-order chi connectivity index (χ1) is 13.0. The van der Waals surface area contributed by atoms with Crippen molar-refractivity contribution >= 4 is 40.6 Å². The maximum absolute atomic E-state index is 12.1. The Hall–Kier alpha value is -2.97. The van der Waals surface area contributed by atoms with Crippen molar-refractivity contribution in [2.45, 2.75) is 5.16 Å². The van der Waals surface area contributed by atoms with Crippen molar-refractivity contribution in [3.63, 3.8) is 0 Å². The van der Waals surface area contributed by atoms with Gasteiger partial charge in [-0.05, 0) is 24.3 Å². The molecular weight excluding hydrogens is 388 g/mol. The van der Waals surface area contributed by atoms with Crippen molar-refractivity contribution in [3.05, 3.63) is 75.9 Å². The van der Waals surface area contributed by atoms with Gasteiger partial charge in [0.2, 0.25) is 5.91 Å². The van der Waals surface area contributed by atoms with Gasteiger partial charge in [-0.2, -0.15) is 0 Å². The Bertz CT molecular complexity index is 982. The van der Waals surface area contributed by atoms with Gasteiger partial charge < -0.3 is 5.32 Å². The fraction of sp³-hybridized carbons (Fsp3) is 0.0556. The molecule has 3 rings (SSSR count). The second-order valence-corrected chi connectivity index (χ2v) is 6.75. The van der Waals surface area contributed by atoms with Crippen LogP contribution < -0.4 is 5.32 Å². The van der Waals surface area contributed by atoms with Crippen molar-refractivity contribution in [3.8, 4) is 11.3 Å². The second kappa shape index (κ2) is 8.61. The van der Waals surface area contributed by atoms with Crippen LogP contribution in [0.25, 0.3) is 11.3 Å². The molecule has 27 heavy (non-hydrogen) atoms. The highest BCUT2D eigenvalue weighted by molar-refractivity contribution is 7.99. The molecule has 1 heterocycles. The van der Waals surface area contributed by atoms with Crippen LogP contribution in [0.3, 0.4) is 0 Å². The van der Waals surface area contributed by atoms with Crippen molar-refractivity contribution in [2.24, 2.45) is 0 Å². The Labute approximate surface area is 164 Å². The summed E-state index contributed by atoms with van der Waals surface area (Å²) >= 11 is 7.07. The molecule has 0 atom stereocenters. The highest BCUT2D eigenvalue weighted by Crippen LogP contribution is 2.22. The van der Waals surface area contributed by atoms with Gasteiger partial charge >= 0.3 is 0 Å². The summed E-state index contributed by atoms with van der Waals surface area (Å²) in [6.45, 7) is 0. The third kappa shape index (κ3) is 5.25. The molecule has 0 aliphatic rings. The Morgan fingerprint density at radius 3 is 2.70 bits per heavy atom. The van der Waals surface area contributed by atoms with Gasteiger partial charge in [0.25, 0.3) is 5.69 Å². The molecule has 1 aromatic heterocycles. The number of hydrogen-bond acceptors (Lipinski definition) is 6. The number of carbonyl (C=O) groups excluding carboxylic acids is 1. The summed E-state index contributed by atoms with van der Waals surface area (Å²) in [5, 5.41) is 14.5. The smallest absolute Gasteiger partial charge is 0.271 e. The van der Waals surface area contributed by atoms with E-state index in [0.29, 0.717) is 15.9 Å². The van der Waals surface area contributed by atoms with Gasteiger partial charge in [0.05, 0.1) is 16.4 Å². The molecule has 9 heteroatoms. The van der Waals surface area contributed by atoms with Crippen molar-refractivity contribution in [1.82, 2.24) is 9.97 Å². The highest BCUT2D eigenvalue weighted by atomic mass is 35.5. The molecule has 1 N–H and O–H groups in total. The van der Waals surface area contributed by atoms with Crippen molar-refractivity contribution in [1.29, 1.82) is 0 Å². The number of amides is 1. The van der Waals surface area contributed by atoms with Crippen LogP contribution in [0.5, 0.6) is 0 Å². The number of non-ortho nitro benzene ring substituents is 1. The van der Waals surface area contributed by atoms with Crippen LogP contribution in [0.1, 0.15) is 0 Å². The zero-order valence-electron chi connectivity index (χ0n) is 13.8. The number of benzene rings is 2. The summed E-state index contributed by atoms with van der Waals surface area (Å²) in [6.07, 6.45) is 1.62. The molecule has 0 aliphatic carbocycles. The number of nitro benzene ring substituents is 1. The normalized spacial score (nSPS) is 10.4. The lowest BCUT2D eigenvalue weighted by Gasteiger charge is -2.06. The van der Waals surface area contributed by atoms with E-state index in [0.717, 1.165) is 11.3 Å². The Balaban J connectivity index is 1.62. The van der Waals surface area contributed by atoms with Gasteiger partial charge in [0, 0.05) is 34.6 Å². The van der Waals surface area contributed by atoms with Gasteiger partial charge in [-0.15, -0.1) is 0 Å². The predicted octanol–water partition coefficient (Wildman–Crippen LogP) is 4.44. The van der Waals surface area contributed by atoms with E-state index >= 15 is 0 Å². The molecule has 0 saturated carbocycles. The molecule has 1 amide bonds. The van der Waals surface area contributed by atoms with Crippen LogP contribution >= 0.6 is 23.4 Å². The van der Waals surface area contributed by atoms with Gasteiger partial charge in [-0.1, -0.05) is 41.6 Å². The van der Waals surface area contributed by atoms with Gasteiger partial charge in [-0.3, -0.25) is 14.9 Å². The Morgan fingerprint density at radius 2 is 1.96 bits per heavy atom. The number of anilines is 1. The number of halogens is 1. The van der Waals surface area contributed by atoms with E-state index in [-0.39, 0.29) is 17.3 Å². The zero-order chi connectivity index (χ0) is 19.2. The van der Waals surface area contributed by atoms with Gasteiger partial charge in [-0.25, -0.2) is 9.97 Å². The van der Waals surface area contributed by atoms with Crippen LogP contribution in [0.2, 0.25) is 5.02 Å². The maximum atomic E-state index is 12.1. The molecule has 0 radical (unpaired) electrons. The molecule has 7 nitrogen and oxygen atoms in total. The monoisotopic (exact) mass is 400 g/mol. The van der Waals surface area contributed by atoms with E-state index in [1.165, 1.54) is 30.0 Å². The van der Waals surface area contributed by atoms with Crippen LogP contribution in [0, 0.1) is 10.1 Å². The first kappa shape index (κ1) is 18.8. The minimum Gasteiger partial charge on any atom is -0.325 e. The lowest BCUT2D eigenvalue weighted by molar-refractivity contribution is -0.384. The number of rotatable bonds is 6. The first-order valence-corrected chi connectivity index (χ1v) is 9.14. The molecule has 0 fully saturated rings. The van der Waals surface area contributed by atoms with Crippen LogP contribution in [-0.2, 0) is 4.79 Å². The van der Waals surface area contributed by atoms with Crippen molar-refractivity contribution < 1.29 is 9.72 Å². The highest BCUT2D eigenvalue weighted by Gasteiger charge is 2.10. The van der Waals surface area contributed by atoms with Crippen LogP contribution in [0.4, 0.5) is 11.4 Å². The Morgan fingerprint density at radius 1 is 1.19 bits per heavy atom. The number of aromatic nitrogens is 2. The summed E-state index contributed by atoms with van der Waals surface area (Å²) in [7, 11) is 0. The lowest BCUT2D eigenvalue weighted by Crippen LogP contribution is -2.14. The van der Waals surface area contributed by atoms with Gasteiger partial charge in [0.1, 0.15) is 0 Å². The summed E-state index contributed by atoms with van der Waals surface area (Å²) in [5.41, 5.74) is 1.90. The molecule has 3 aromatic rings. The molecule has 0 aliphatic heterocycles. The number of nitro groups is 1. The minimum absolute atomic E-state index is 0.0762. The third-order valence-corrected chi connectivity index (χ3v) is 4.56. The fourth-order valence-electron chi connectivity index (χ4n) is 2.22. The topological polar surface area (TPSA) is 98.0 Å². The van der Waals surface area contributed by atoms with E-state index in [1.54, 1.807) is 30.5 Å².